The average molecular weight is 482 g/mol. The van der Waals surface area contributed by atoms with E-state index in [9.17, 15) is 9.90 Å². The minimum absolute atomic E-state index is 0.155. The van der Waals surface area contributed by atoms with Crippen molar-refractivity contribution in [3.05, 3.63) is 46.0 Å². The van der Waals surface area contributed by atoms with Gasteiger partial charge in [0.2, 0.25) is 0 Å². The topological polar surface area (TPSA) is 65.5 Å². The third-order valence-electron chi connectivity index (χ3n) is 6.80. The Morgan fingerprint density at radius 2 is 1.79 bits per heavy atom. The van der Waals surface area contributed by atoms with E-state index in [4.69, 9.17) is 4.98 Å². The molecule has 0 amide bonds. The molecule has 1 aliphatic carbocycles. The van der Waals surface area contributed by atoms with E-state index in [-0.39, 0.29) is 5.41 Å². The van der Waals surface area contributed by atoms with Crippen molar-refractivity contribution in [1.29, 1.82) is 0 Å². The van der Waals surface area contributed by atoms with Gasteiger partial charge >= 0.3 is 5.97 Å². The average Bonchev–Trinajstić information content (AvgIpc) is 3.51. The number of aromatic nitrogens is 1. The summed E-state index contributed by atoms with van der Waals surface area (Å²) >= 11 is 3.44. The van der Waals surface area contributed by atoms with Crippen LogP contribution in [0.2, 0.25) is 0 Å². The van der Waals surface area contributed by atoms with E-state index >= 15 is 0 Å². The monoisotopic (exact) mass is 481 g/mol. The van der Waals surface area contributed by atoms with Crippen LogP contribution in [0.25, 0.3) is 20.9 Å². The Kier molecular flexibility index (Phi) is 6.05. The lowest BCUT2D eigenvalue weighted by Crippen LogP contribution is -2.22. The van der Waals surface area contributed by atoms with Crippen LogP contribution in [0.4, 0.5) is 5.13 Å². The minimum atomic E-state index is -0.807. The number of aromatic carboxylic acids is 1. The van der Waals surface area contributed by atoms with Gasteiger partial charge in [-0.15, -0.1) is 11.3 Å². The Hall–Kier alpha value is -2.22. The second kappa shape index (κ2) is 8.85. The molecular weight excluding hydrogens is 450 g/mol. The van der Waals surface area contributed by atoms with E-state index in [2.05, 4.69) is 48.3 Å². The van der Waals surface area contributed by atoms with Gasteiger partial charge in [0.15, 0.2) is 5.13 Å². The van der Waals surface area contributed by atoms with Crippen LogP contribution in [0.15, 0.2) is 24.3 Å². The van der Waals surface area contributed by atoms with Gasteiger partial charge in [0.05, 0.1) is 16.1 Å². The second-order valence-corrected chi connectivity index (χ2v) is 12.0. The molecule has 7 heteroatoms. The highest BCUT2D eigenvalue weighted by Gasteiger charge is 2.33. The molecular formula is C26H31N3O2S2. The Morgan fingerprint density at radius 3 is 2.42 bits per heavy atom. The first-order valence-electron chi connectivity index (χ1n) is 11.7. The van der Waals surface area contributed by atoms with Crippen LogP contribution in [-0.4, -0.2) is 36.2 Å². The summed E-state index contributed by atoms with van der Waals surface area (Å²) in [4.78, 5) is 22.9. The molecule has 0 bridgehead atoms. The van der Waals surface area contributed by atoms with Gasteiger partial charge in [0.25, 0.3) is 0 Å². The van der Waals surface area contributed by atoms with Crippen molar-refractivity contribution in [3.63, 3.8) is 0 Å². The molecule has 2 aliphatic rings. The highest BCUT2D eigenvalue weighted by Crippen LogP contribution is 2.45. The number of nitrogens with one attached hydrogen (secondary N) is 1. The molecule has 0 atom stereocenters. The summed E-state index contributed by atoms with van der Waals surface area (Å²) < 4.78 is 0. The molecule has 5 nitrogen and oxygen atoms in total. The van der Waals surface area contributed by atoms with Crippen molar-refractivity contribution in [2.24, 2.45) is 5.41 Å². The van der Waals surface area contributed by atoms with Crippen LogP contribution in [0.1, 0.15) is 59.6 Å². The number of carboxylic acid groups (broad SMARTS) is 1. The van der Waals surface area contributed by atoms with Crippen LogP contribution in [0.5, 0.6) is 0 Å². The minimum Gasteiger partial charge on any atom is -0.478 e. The molecule has 0 radical (unpaired) electrons. The zero-order chi connectivity index (χ0) is 23.2. The Morgan fingerprint density at radius 1 is 1.12 bits per heavy atom. The van der Waals surface area contributed by atoms with E-state index in [1.54, 1.807) is 22.7 Å². The maximum atomic E-state index is 12.3. The largest absolute Gasteiger partial charge is 0.478 e. The first-order chi connectivity index (χ1) is 15.9. The van der Waals surface area contributed by atoms with Gasteiger partial charge in [-0.3, -0.25) is 0 Å². The van der Waals surface area contributed by atoms with Gasteiger partial charge in [0, 0.05) is 29.4 Å². The summed E-state index contributed by atoms with van der Waals surface area (Å²) in [5, 5.41) is 14.4. The number of thiazole rings is 1. The number of fused-ring (bicyclic) bond motifs is 1. The number of hydrogen-bond donors (Lipinski definition) is 2. The summed E-state index contributed by atoms with van der Waals surface area (Å²) in [7, 11) is 1.95. The fourth-order valence-electron chi connectivity index (χ4n) is 5.02. The number of hydrogen-bond acceptors (Lipinski definition) is 6. The molecule has 0 saturated carbocycles. The number of thiophene rings is 1. The standard InChI is InChI=1S/C26H31N3O2S2/c1-26(2)11-10-20-18(14-26)21(24(30)31)23(32-20)17-8-6-16(7-9-17)22-19(15-27-3)28-25(33-22)29-12-4-5-13-29/h6-9,27H,4-5,10-15H2,1-3H3,(H,30,31). The zero-order valence-corrected chi connectivity index (χ0v) is 21.2. The SMILES string of the molecule is CNCc1nc(N2CCCC2)sc1-c1ccc(-c2sc3c(c2C(=O)O)CC(C)(C)CC3)cc1. The highest BCUT2D eigenvalue weighted by molar-refractivity contribution is 7.19. The third kappa shape index (κ3) is 4.34. The normalized spacial score (nSPS) is 17.4. The maximum Gasteiger partial charge on any atom is 0.337 e. The molecule has 1 aromatic carbocycles. The summed E-state index contributed by atoms with van der Waals surface area (Å²) in [6, 6.07) is 8.43. The van der Waals surface area contributed by atoms with E-state index in [0.717, 1.165) is 71.3 Å². The Bertz CT molecular complexity index is 1170. The summed E-state index contributed by atoms with van der Waals surface area (Å²) in [5.41, 5.74) is 4.94. The summed E-state index contributed by atoms with van der Waals surface area (Å²) in [6.45, 7) is 7.38. The number of carbonyl (C=O) groups is 1. The van der Waals surface area contributed by atoms with Crippen LogP contribution in [0, 0.1) is 5.41 Å². The van der Waals surface area contributed by atoms with Crippen molar-refractivity contribution in [2.75, 3.05) is 25.0 Å². The maximum absolute atomic E-state index is 12.3. The molecule has 174 valence electrons. The molecule has 2 N–H and O–H groups in total. The van der Waals surface area contributed by atoms with Gasteiger partial charge < -0.3 is 15.3 Å². The third-order valence-corrected chi connectivity index (χ3v) is 9.35. The van der Waals surface area contributed by atoms with Crippen molar-refractivity contribution >= 4 is 33.8 Å². The molecule has 1 saturated heterocycles. The number of rotatable bonds is 6. The first kappa shape index (κ1) is 22.6. The summed E-state index contributed by atoms with van der Waals surface area (Å²) in [5.74, 6) is -0.807. The number of anilines is 1. The van der Waals surface area contributed by atoms with Gasteiger partial charge in [-0.2, -0.15) is 0 Å². The fraction of sp³-hybridized carbons (Fsp3) is 0.462. The fourth-order valence-corrected chi connectivity index (χ4v) is 7.47. The predicted molar refractivity (Wildman–Crippen MR) is 138 cm³/mol. The van der Waals surface area contributed by atoms with Crippen LogP contribution in [0.3, 0.4) is 0 Å². The molecule has 2 aromatic heterocycles. The van der Waals surface area contributed by atoms with Crippen LogP contribution < -0.4 is 10.2 Å². The van der Waals surface area contributed by atoms with Crippen LogP contribution in [-0.2, 0) is 19.4 Å². The Balaban J connectivity index is 1.50. The van der Waals surface area contributed by atoms with Crippen molar-refractivity contribution in [3.8, 4) is 20.9 Å². The molecule has 0 unspecified atom stereocenters. The van der Waals surface area contributed by atoms with Crippen molar-refractivity contribution < 1.29 is 9.90 Å². The highest BCUT2D eigenvalue weighted by atomic mass is 32.1. The molecule has 5 rings (SSSR count). The second-order valence-electron chi connectivity index (χ2n) is 9.93. The van der Waals surface area contributed by atoms with E-state index < -0.39 is 5.97 Å². The lowest BCUT2D eigenvalue weighted by molar-refractivity contribution is 0.0696. The van der Waals surface area contributed by atoms with Gasteiger partial charge in [-0.25, -0.2) is 9.78 Å². The van der Waals surface area contributed by atoms with Crippen molar-refractivity contribution in [2.45, 2.75) is 52.5 Å². The number of carboxylic acids is 1. The number of benzene rings is 1. The molecule has 33 heavy (non-hydrogen) atoms. The summed E-state index contributed by atoms with van der Waals surface area (Å²) in [6.07, 6.45) is 5.39. The molecule has 3 heterocycles. The first-order valence-corrected chi connectivity index (χ1v) is 13.4. The number of nitrogens with zero attached hydrogens (tertiary/aromatic N) is 2. The molecule has 0 spiro atoms. The molecule has 1 aliphatic heterocycles. The number of aryl methyl sites for hydroxylation is 1. The molecule has 3 aromatic rings. The lowest BCUT2D eigenvalue weighted by atomic mass is 9.76. The van der Waals surface area contributed by atoms with Crippen LogP contribution >= 0.6 is 22.7 Å². The van der Waals surface area contributed by atoms with Crippen molar-refractivity contribution in [1.82, 2.24) is 10.3 Å². The van der Waals surface area contributed by atoms with E-state index in [1.807, 2.05) is 7.05 Å². The smallest absolute Gasteiger partial charge is 0.337 e. The van der Waals surface area contributed by atoms with E-state index in [1.165, 1.54) is 22.6 Å². The quantitative estimate of drug-likeness (QED) is 0.447. The predicted octanol–water partition coefficient (Wildman–Crippen LogP) is 6.07. The van der Waals surface area contributed by atoms with E-state index in [0.29, 0.717) is 5.56 Å². The lowest BCUT2D eigenvalue weighted by Gasteiger charge is -2.29. The van der Waals surface area contributed by atoms with Gasteiger partial charge in [-0.05, 0) is 61.3 Å². The Labute approximate surface area is 203 Å². The van der Waals surface area contributed by atoms with Gasteiger partial charge in [-0.1, -0.05) is 49.4 Å². The molecule has 1 fully saturated rings. The van der Waals surface area contributed by atoms with Gasteiger partial charge in [0.1, 0.15) is 0 Å². The zero-order valence-electron chi connectivity index (χ0n) is 19.5.